The van der Waals surface area contributed by atoms with Crippen molar-refractivity contribution in [3.05, 3.63) is 75.9 Å². The predicted molar refractivity (Wildman–Crippen MR) is 113 cm³/mol. The van der Waals surface area contributed by atoms with Crippen molar-refractivity contribution in [2.45, 2.75) is 13.0 Å². The summed E-state index contributed by atoms with van der Waals surface area (Å²) in [7, 11) is 1.58. The zero-order chi connectivity index (χ0) is 20.4. The van der Waals surface area contributed by atoms with Gasteiger partial charge in [0.1, 0.15) is 5.75 Å². The van der Waals surface area contributed by atoms with Crippen LogP contribution in [0.5, 0.6) is 5.75 Å². The molecular formula is C21H18ClN5O2. The van der Waals surface area contributed by atoms with Crippen molar-refractivity contribution in [1.82, 2.24) is 19.9 Å². The number of pyridine rings is 2. The van der Waals surface area contributed by atoms with Crippen LogP contribution < -0.4 is 15.6 Å². The first kappa shape index (κ1) is 18.9. The van der Waals surface area contributed by atoms with Crippen LogP contribution in [0.3, 0.4) is 0 Å². The maximum atomic E-state index is 12.6. The molecule has 4 rings (SSSR count). The van der Waals surface area contributed by atoms with Gasteiger partial charge in [-0.3, -0.25) is 9.78 Å². The second kappa shape index (κ2) is 7.89. The number of benzene rings is 1. The first-order chi connectivity index (χ1) is 14.1. The molecule has 3 heterocycles. The molecule has 146 valence electrons. The molecule has 0 aliphatic heterocycles. The van der Waals surface area contributed by atoms with Gasteiger partial charge in [-0.25, -0.2) is 9.97 Å². The van der Waals surface area contributed by atoms with E-state index in [1.807, 2.05) is 31.2 Å². The first-order valence-corrected chi connectivity index (χ1v) is 9.34. The quantitative estimate of drug-likeness (QED) is 0.514. The van der Waals surface area contributed by atoms with Gasteiger partial charge in [-0.15, -0.1) is 0 Å². The minimum absolute atomic E-state index is 0.211. The Labute approximate surface area is 171 Å². The fraction of sp³-hybridized carbons (Fsp3) is 0.143. The number of halogens is 1. The highest BCUT2D eigenvalue weighted by Crippen LogP contribution is 2.28. The molecule has 0 bridgehead atoms. The Balaban J connectivity index is 1.66. The number of methoxy groups -OCH3 is 1. The van der Waals surface area contributed by atoms with Crippen LogP contribution in [0.1, 0.15) is 18.5 Å². The van der Waals surface area contributed by atoms with Crippen LogP contribution in [0.4, 0.5) is 5.95 Å². The number of ether oxygens (including phenoxy) is 1. The number of aromatic nitrogens is 4. The van der Waals surface area contributed by atoms with Crippen molar-refractivity contribution in [3.63, 3.8) is 0 Å². The molecule has 0 saturated heterocycles. The Kier molecular flexibility index (Phi) is 5.14. The number of anilines is 1. The Bertz CT molecular complexity index is 1240. The maximum Gasteiger partial charge on any atom is 0.253 e. The fourth-order valence-corrected chi connectivity index (χ4v) is 3.37. The van der Waals surface area contributed by atoms with E-state index in [2.05, 4.69) is 25.3 Å². The minimum atomic E-state index is -0.322. The molecule has 0 radical (unpaired) electrons. The molecular weight excluding hydrogens is 390 g/mol. The summed E-state index contributed by atoms with van der Waals surface area (Å²) in [6.45, 7) is 1.88. The lowest BCUT2D eigenvalue weighted by molar-refractivity contribution is 0.414. The normalized spacial score (nSPS) is 12.0. The van der Waals surface area contributed by atoms with Gasteiger partial charge in [0.25, 0.3) is 5.56 Å². The summed E-state index contributed by atoms with van der Waals surface area (Å²) in [5.74, 6) is 1.02. The van der Waals surface area contributed by atoms with Gasteiger partial charge in [0.2, 0.25) is 5.95 Å². The molecule has 0 spiro atoms. The van der Waals surface area contributed by atoms with E-state index >= 15 is 0 Å². The lowest BCUT2D eigenvalue weighted by Crippen LogP contribution is -2.20. The van der Waals surface area contributed by atoms with E-state index in [9.17, 15) is 4.79 Å². The Morgan fingerprint density at radius 2 is 2.07 bits per heavy atom. The molecule has 0 unspecified atom stereocenters. The van der Waals surface area contributed by atoms with E-state index in [4.69, 9.17) is 16.3 Å². The zero-order valence-electron chi connectivity index (χ0n) is 15.8. The SMILES string of the molecule is COc1cnccc1-c1ccnc(N[C@@H](C)c2cc3cccc(Cl)c3[nH]c2=O)n1. The molecule has 0 aliphatic carbocycles. The summed E-state index contributed by atoms with van der Waals surface area (Å²) < 4.78 is 5.36. The third-order valence-electron chi connectivity index (χ3n) is 4.61. The number of rotatable bonds is 5. The highest BCUT2D eigenvalue weighted by atomic mass is 35.5. The summed E-state index contributed by atoms with van der Waals surface area (Å²) in [6.07, 6.45) is 4.96. The Hall–Kier alpha value is -3.45. The third-order valence-corrected chi connectivity index (χ3v) is 4.92. The number of hydrogen-bond acceptors (Lipinski definition) is 6. The minimum Gasteiger partial charge on any atom is -0.494 e. The lowest BCUT2D eigenvalue weighted by Gasteiger charge is -2.15. The standard InChI is InChI=1S/C21H18ClN5O2/c1-12(15-10-13-4-3-5-16(22)19(13)27-20(15)28)25-21-24-9-7-17(26-21)14-6-8-23-11-18(14)29-2/h3-12H,1-2H3,(H,27,28)(H,24,25,26)/t12-/m0/s1. The molecule has 1 atom stereocenters. The molecule has 7 nitrogen and oxygen atoms in total. The summed E-state index contributed by atoms with van der Waals surface area (Å²) in [6, 6.07) is 10.6. The summed E-state index contributed by atoms with van der Waals surface area (Å²) >= 11 is 6.17. The lowest BCUT2D eigenvalue weighted by atomic mass is 10.1. The molecule has 0 aliphatic rings. The number of aromatic amines is 1. The number of nitrogens with zero attached hydrogens (tertiary/aromatic N) is 3. The molecule has 0 saturated carbocycles. The van der Waals surface area contributed by atoms with Crippen LogP contribution in [-0.2, 0) is 0 Å². The number of H-pyrrole nitrogens is 1. The van der Waals surface area contributed by atoms with Crippen molar-refractivity contribution in [1.29, 1.82) is 0 Å². The second-order valence-corrected chi connectivity index (χ2v) is 6.87. The molecule has 2 N–H and O–H groups in total. The van der Waals surface area contributed by atoms with Gasteiger partial charge in [-0.1, -0.05) is 23.7 Å². The Morgan fingerprint density at radius 3 is 2.90 bits per heavy atom. The Morgan fingerprint density at radius 1 is 1.21 bits per heavy atom. The van der Waals surface area contributed by atoms with Crippen LogP contribution in [0, 0.1) is 0 Å². The van der Waals surface area contributed by atoms with Gasteiger partial charge in [0.05, 0.1) is 35.6 Å². The first-order valence-electron chi connectivity index (χ1n) is 8.96. The number of para-hydroxylation sites is 1. The topological polar surface area (TPSA) is 92.8 Å². The molecule has 8 heteroatoms. The zero-order valence-corrected chi connectivity index (χ0v) is 16.6. The van der Waals surface area contributed by atoms with Crippen molar-refractivity contribution >= 4 is 28.5 Å². The van der Waals surface area contributed by atoms with Crippen LogP contribution in [0.2, 0.25) is 5.02 Å². The van der Waals surface area contributed by atoms with E-state index in [0.29, 0.717) is 33.5 Å². The molecule has 0 fully saturated rings. The average Bonchev–Trinajstić information content (AvgIpc) is 2.74. The molecule has 3 aromatic heterocycles. The van der Waals surface area contributed by atoms with Crippen LogP contribution in [-0.4, -0.2) is 27.0 Å². The number of fused-ring (bicyclic) bond motifs is 1. The highest BCUT2D eigenvalue weighted by molar-refractivity contribution is 6.35. The summed E-state index contributed by atoms with van der Waals surface area (Å²) in [5, 5.41) is 4.56. The van der Waals surface area contributed by atoms with E-state index in [1.54, 1.807) is 37.8 Å². The van der Waals surface area contributed by atoms with Crippen LogP contribution >= 0.6 is 11.6 Å². The third kappa shape index (κ3) is 3.77. The van der Waals surface area contributed by atoms with E-state index in [-0.39, 0.29) is 11.6 Å². The van der Waals surface area contributed by atoms with Gasteiger partial charge in [0, 0.05) is 28.9 Å². The van der Waals surface area contributed by atoms with Crippen molar-refractivity contribution in [2.24, 2.45) is 0 Å². The van der Waals surface area contributed by atoms with Gasteiger partial charge in [-0.2, -0.15) is 0 Å². The molecule has 1 aromatic carbocycles. The van der Waals surface area contributed by atoms with Crippen molar-refractivity contribution < 1.29 is 4.74 Å². The number of hydrogen-bond donors (Lipinski definition) is 2. The van der Waals surface area contributed by atoms with E-state index in [0.717, 1.165) is 10.9 Å². The monoisotopic (exact) mass is 407 g/mol. The largest absolute Gasteiger partial charge is 0.494 e. The molecule has 29 heavy (non-hydrogen) atoms. The van der Waals surface area contributed by atoms with Crippen LogP contribution in [0.15, 0.2) is 59.8 Å². The molecule has 0 amide bonds. The second-order valence-electron chi connectivity index (χ2n) is 6.47. The smallest absolute Gasteiger partial charge is 0.253 e. The van der Waals surface area contributed by atoms with E-state index < -0.39 is 0 Å². The average molecular weight is 408 g/mol. The van der Waals surface area contributed by atoms with Crippen LogP contribution in [0.25, 0.3) is 22.2 Å². The van der Waals surface area contributed by atoms with Crippen molar-refractivity contribution in [2.75, 3.05) is 12.4 Å². The predicted octanol–water partition coefficient (Wildman–Crippen LogP) is 4.22. The van der Waals surface area contributed by atoms with Gasteiger partial charge in [-0.05, 0) is 31.2 Å². The van der Waals surface area contributed by atoms with Crippen molar-refractivity contribution in [3.8, 4) is 17.0 Å². The summed E-state index contributed by atoms with van der Waals surface area (Å²) in [5.41, 5.74) is 2.47. The maximum absolute atomic E-state index is 12.6. The van der Waals surface area contributed by atoms with Gasteiger partial charge in [0.15, 0.2) is 0 Å². The van der Waals surface area contributed by atoms with Gasteiger partial charge >= 0.3 is 0 Å². The number of nitrogens with one attached hydrogen (secondary N) is 2. The fourth-order valence-electron chi connectivity index (χ4n) is 3.14. The van der Waals surface area contributed by atoms with Gasteiger partial charge < -0.3 is 15.0 Å². The highest BCUT2D eigenvalue weighted by Gasteiger charge is 2.14. The van der Waals surface area contributed by atoms with E-state index in [1.165, 1.54) is 0 Å². The molecule has 4 aromatic rings. The summed E-state index contributed by atoms with van der Waals surface area (Å²) in [4.78, 5) is 28.3.